The molecule has 2 fully saturated rings. The molecule has 0 radical (unpaired) electrons. The number of carbonyl (C=O) groups excluding carboxylic acids is 1. The van der Waals surface area contributed by atoms with Gasteiger partial charge in [0.2, 0.25) is 0 Å². The smallest absolute Gasteiger partial charge is 0.406 e. The minimum absolute atomic E-state index is 0.0750. The van der Waals surface area contributed by atoms with Crippen molar-refractivity contribution in [3.63, 3.8) is 0 Å². The number of halogens is 5. The normalized spacial score (nSPS) is 22.3. The lowest BCUT2D eigenvalue weighted by atomic mass is 9.79. The summed E-state index contributed by atoms with van der Waals surface area (Å²) < 4.78 is 49.1. The fraction of sp³-hybridized carbons (Fsp3) is 0.240. The molecule has 0 N–H and O–H groups in total. The number of rotatable bonds is 4. The molecule has 182 valence electrons. The van der Waals surface area contributed by atoms with E-state index in [0.717, 1.165) is 0 Å². The van der Waals surface area contributed by atoms with Crippen molar-refractivity contribution in [2.75, 3.05) is 23.0 Å². The van der Waals surface area contributed by atoms with Crippen LogP contribution < -0.4 is 14.5 Å². The Morgan fingerprint density at radius 1 is 0.943 bits per heavy atom. The minimum atomic E-state index is -4.85. The Bertz CT molecular complexity index is 1240. The molecule has 0 saturated carbocycles. The number of alkyl halides is 3. The second-order valence-corrected chi connectivity index (χ2v) is 9.17. The zero-order valence-corrected chi connectivity index (χ0v) is 19.6. The van der Waals surface area contributed by atoms with Crippen molar-refractivity contribution in [3.8, 4) is 5.75 Å². The largest absolute Gasteiger partial charge is 0.573 e. The van der Waals surface area contributed by atoms with Crippen LogP contribution in [0.25, 0.3) is 0 Å². The SMILES string of the molecule is O=C1N(c2ccc(Cl)cc2)C2CCOC[C@]2(c2cccc(OC(F)(F)F)c2)N1c1ccc(Cl)cc1. The Morgan fingerprint density at radius 3 is 2.20 bits per heavy atom. The number of anilines is 2. The first kappa shape index (κ1) is 23.8. The zero-order chi connectivity index (χ0) is 24.8. The molecule has 0 bridgehead atoms. The van der Waals surface area contributed by atoms with Crippen LogP contribution in [0.1, 0.15) is 12.0 Å². The van der Waals surface area contributed by atoms with E-state index in [1.807, 2.05) is 0 Å². The van der Waals surface area contributed by atoms with E-state index in [-0.39, 0.29) is 18.4 Å². The molecule has 3 aromatic rings. The molecule has 35 heavy (non-hydrogen) atoms. The molecule has 2 atom stereocenters. The molecule has 2 aliphatic heterocycles. The Labute approximate surface area is 209 Å². The highest BCUT2D eigenvalue weighted by Crippen LogP contribution is 2.50. The van der Waals surface area contributed by atoms with E-state index in [0.29, 0.717) is 40.0 Å². The lowest BCUT2D eigenvalue weighted by molar-refractivity contribution is -0.274. The van der Waals surface area contributed by atoms with Crippen LogP contribution in [0.3, 0.4) is 0 Å². The Balaban J connectivity index is 1.71. The van der Waals surface area contributed by atoms with Gasteiger partial charge in [-0.05, 0) is 72.6 Å². The molecular formula is C25H19Cl2F3N2O3. The van der Waals surface area contributed by atoms with Crippen molar-refractivity contribution in [3.05, 3.63) is 88.4 Å². The minimum Gasteiger partial charge on any atom is -0.406 e. The average Bonchev–Trinajstić information content (AvgIpc) is 3.08. The fourth-order valence-corrected chi connectivity index (χ4v) is 5.17. The summed E-state index contributed by atoms with van der Waals surface area (Å²) in [4.78, 5) is 17.3. The quantitative estimate of drug-likeness (QED) is 0.369. The van der Waals surface area contributed by atoms with Gasteiger partial charge in [0.05, 0.1) is 12.6 Å². The molecule has 5 nitrogen and oxygen atoms in total. The molecule has 2 amide bonds. The van der Waals surface area contributed by atoms with Gasteiger partial charge in [-0.2, -0.15) is 0 Å². The van der Waals surface area contributed by atoms with E-state index in [1.54, 1.807) is 64.4 Å². The van der Waals surface area contributed by atoms with Crippen LogP contribution in [0.4, 0.5) is 29.3 Å². The van der Waals surface area contributed by atoms with Gasteiger partial charge in [0.1, 0.15) is 11.3 Å². The van der Waals surface area contributed by atoms with Crippen LogP contribution in [-0.2, 0) is 10.3 Å². The van der Waals surface area contributed by atoms with E-state index in [4.69, 9.17) is 27.9 Å². The number of nitrogens with zero attached hydrogens (tertiary/aromatic N) is 2. The Hall–Kier alpha value is -2.94. The number of hydrogen-bond acceptors (Lipinski definition) is 3. The number of hydrogen-bond donors (Lipinski definition) is 0. The van der Waals surface area contributed by atoms with Crippen molar-refractivity contribution in [1.82, 2.24) is 0 Å². The molecule has 2 aliphatic rings. The highest BCUT2D eigenvalue weighted by atomic mass is 35.5. The standard InChI is InChI=1S/C25H19Cl2F3N2O3/c26-17-4-8-19(9-5-17)31-22-12-13-34-15-24(22,16-2-1-3-21(14-16)35-25(28,29)30)32(23(31)33)20-10-6-18(27)7-11-20/h1-11,14,22H,12-13,15H2/t22?,24-/m1/s1. The van der Waals surface area contributed by atoms with Crippen LogP contribution in [0.15, 0.2) is 72.8 Å². The van der Waals surface area contributed by atoms with E-state index < -0.39 is 17.9 Å². The first-order valence-corrected chi connectivity index (χ1v) is 11.5. The number of benzene rings is 3. The summed E-state index contributed by atoms with van der Waals surface area (Å²) in [6, 6.07) is 18.5. The third-order valence-electron chi connectivity index (χ3n) is 6.27. The van der Waals surface area contributed by atoms with Gasteiger partial charge in [-0.25, -0.2) is 4.79 Å². The highest BCUT2D eigenvalue weighted by Gasteiger charge is 2.60. The number of urea groups is 1. The first-order chi connectivity index (χ1) is 16.7. The molecule has 5 rings (SSSR count). The van der Waals surface area contributed by atoms with Gasteiger partial charge < -0.3 is 9.47 Å². The number of carbonyl (C=O) groups is 1. The third-order valence-corrected chi connectivity index (χ3v) is 6.78. The summed E-state index contributed by atoms with van der Waals surface area (Å²) in [5.74, 6) is -0.373. The van der Waals surface area contributed by atoms with Gasteiger partial charge in [0.15, 0.2) is 0 Å². The highest BCUT2D eigenvalue weighted by molar-refractivity contribution is 6.31. The Kier molecular flexibility index (Phi) is 6.07. The summed E-state index contributed by atoms with van der Waals surface area (Å²) in [6.45, 7) is 0.461. The molecule has 3 aromatic carbocycles. The molecule has 0 spiro atoms. The van der Waals surface area contributed by atoms with Gasteiger partial charge in [-0.1, -0.05) is 35.3 Å². The van der Waals surface area contributed by atoms with E-state index in [1.165, 1.54) is 18.2 Å². The first-order valence-electron chi connectivity index (χ1n) is 10.8. The third kappa shape index (κ3) is 4.30. The van der Waals surface area contributed by atoms with E-state index in [2.05, 4.69) is 4.74 Å². The van der Waals surface area contributed by atoms with Crippen molar-refractivity contribution >= 4 is 40.6 Å². The fourth-order valence-electron chi connectivity index (χ4n) is 4.92. The van der Waals surface area contributed by atoms with Crippen LogP contribution in [0.5, 0.6) is 5.75 Å². The van der Waals surface area contributed by atoms with Gasteiger partial charge >= 0.3 is 12.4 Å². The summed E-state index contributed by atoms with van der Waals surface area (Å²) in [7, 11) is 0. The summed E-state index contributed by atoms with van der Waals surface area (Å²) in [6.07, 6.45) is -4.39. The summed E-state index contributed by atoms with van der Waals surface area (Å²) in [5.41, 5.74) is 0.486. The lowest BCUT2D eigenvalue weighted by Gasteiger charge is -2.44. The number of amides is 2. The van der Waals surface area contributed by atoms with Gasteiger partial charge in [-0.3, -0.25) is 9.80 Å². The molecule has 0 aromatic heterocycles. The monoisotopic (exact) mass is 522 g/mol. The molecular weight excluding hydrogens is 504 g/mol. The molecule has 10 heteroatoms. The van der Waals surface area contributed by atoms with Crippen molar-refractivity contribution < 1.29 is 27.4 Å². The van der Waals surface area contributed by atoms with E-state index >= 15 is 0 Å². The summed E-state index contributed by atoms with van der Waals surface area (Å²) in [5, 5.41) is 1.01. The molecule has 2 heterocycles. The van der Waals surface area contributed by atoms with Gasteiger partial charge in [-0.15, -0.1) is 13.2 Å². The zero-order valence-electron chi connectivity index (χ0n) is 18.1. The number of ether oxygens (including phenoxy) is 2. The average molecular weight is 523 g/mol. The topological polar surface area (TPSA) is 42.0 Å². The second-order valence-electron chi connectivity index (χ2n) is 8.30. The van der Waals surface area contributed by atoms with Crippen molar-refractivity contribution in [2.45, 2.75) is 24.4 Å². The predicted molar refractivity (Wildman–Crippen MR) is 127 cm³/mol. The van der Waals surface area contributed by atoms with Crippen LogP contribution >= 0.6 is 23.2 Å². The lowest BCUT2D eigenvalue weighted by Crippen LogP contribution is -2.56. The van der Waals surface area contributed by atoms with Gasteiger partial charge in [0, 0.05) is 28.0 Å². The van der Waals surface area contributed by atoms with Crippen LogP contribution in [-0.4, -0.2) is 31.6 Å². The maximum Gasteiger partial charge on any atom is 0.573 e. The Morgan fingerprint density at radius 2 is 1.57 bits per heavy atom. The van der Waals surface area contributed by atoms with Crippen LogP contribution in [0, 0.1) is 0 Å². The molecule has 2 saturated heterocycles. The maximum absolute atomic E-state index is 14.1. The van der Waals surface area contributed by atoms with Crippen molar-refractivity contribution in [1.29, 1.82) is 0 Å². The molecule has 1 unspecified atom stereocenters. The van der Waals surface area contributed by atoms with E-state index in [9.17, 15) is 18.0 Å². The van der Waals surface area contributed by atoms with Gasteiger partial charge in [0.25, 0.3) is 0 Å². The molecule has 0 aliphatic carbocycles. The maximum atomic E-state index is 14.1. The van der Waals surface area contributed by atoms with Crippen molar-refractivity contribution in [2.24, 2.45) is 0 Å². The number of fused-ring (bicyclic) bond motifs is 1. The predicted octanol–water partition coefficient (Wildman–Crippen LogP) is 7.02. The summed E-state index contributed by atoms with van der Waals surface area (Å²) >= 11 is 12.2. The second kappa shape index (κ2) is 8.93. The van der Waals surface area contributed by atoms with Crippen LogP contribution in [0.2, 0.25) is 10.0 Å².